The summed E-state index contributed by atoms with van der Waals surface area (Å²) in [6.45, 7) is -6.51. The van der Waals surface area contributed by atoms with E-state index >= 15 is 0 Å². The molecular formula is C22H18N6. The molecule has 0 aliphatic rings. The summed E-state index contributed by atoms with van der Waals surface area (Å²) in [4.78, 5) is 7.76. The normalized spacial score (nSPS) is 19.1. The van der Waals surface area contributed by atoms with E-state index in [9.17, 15) is 0 Å². The van der Waals surface area contributed by atoms with Gasteiger partial charge in [0.25, 0.3) is 0 Å². The van der Waals surface area contributed by atoms with Crippen LogP contribution in [0.1, 0.15) is 41.4 Å². The first-order valence-electron chi connectivity index (χ1n) is 14.5. The molecule has 0 saturated heterocycles. The minimum Gasteiger partial charge on any atom is -0.340 e. The predicted molar refractivity (Wildman–Crippen MR) is 110 cm³/mol. The Balaban J connectivity index is 2.33. The number of hydrogen-bond donors (Lipinski definition) is 2. The highest BCUT2D eigenvalue weighted by Crippen LogP contribution is 2.26. The fraction of sp³-hybridized carbons (Fsp3) is 0.0909. The number of benzene rings is 2. The van der Waals surface area contributed by atoms with Crippen LogP contribution in [0, 0.1) is 36.4 Å². The quantitative estimate of drug-likeness (QED) is 0.605. The highest BCUT2D eigenvalue weighted by molar-refractivity contribution is 5.69. The van der Waals surface area contributed by atoms with Crippen LogP contribution in [-0.4, -0.2) is 9.97 Å². The molecule has 1 heterocycles. The van der Waals surface area contributed by atoms with Crippen molar-refractivity contribution in [3.05, 3.63) is 76.8 Å². The summed E-state index contributed by atoms with van der Waals surface area (Å²) >= 11 is 0. The number of rotatable bonds is 5. The van der Waals surface area contributed by atoms with Crippen molar-refractivity contribution in [2.45, 2.75) is 13.7 Å². The van der Waals surface area contributed by atoms with Crippen molar-refractivity contribution in [3.63, 3.8) is 0 Å². The Hall–Kier alpha value is -4.16. The first-order valence-corrected chi connectivity index (χ1v) is 7.50. The molecule has 6 heteroatoms. The molecule has 2 aromatic carbocycles. The van der Waals surface area contributed by atoms with Crippen LogP contribution in [0.15, 0.2) is 54.6 Å². The summed E-state index contributed by atoms with van der Waals surface area (Å²) in [6, 6.07) is -0.136. The number of allylic oxidation sites excluding steroid dienone is 1. The first kappa shape index (κ1) is 7.84. The molecule has 0 amide bonds. The molecule has 0 aliphatic carbocycles. The predicted octanol–water partition coefficient (Wildman–Crippen LogP) is 4.99. The number of anilines is 4. The smallest absolute Gasteiger partial charge is 0.229 e. The largest absolute Gasteiger partial charge is 0.340 e. The molecule has 0 atom stereocenters. The molecule has 0 unspecified atom stereocenters. The van der Waals surface area contributed by atoms with E-state index in [2.05, 4.69) is 20.6 Å². The molecule has 0 spiro atoms. The van der Waals surface area contributed by atoms with Crippen molar-refractivity contribution in [2.75, 3.05) is 10.6 Å². The van der Waals surface area contributed by atoms with Gasteiger partial charge in [0, 0.05) is 31.8 Å². The molecule has 136 valence electrons. The van der Waals surface area contributed by atoms with Crippen molar-refractivity contribution < 1.29 is 19.2 Å². The number of aromatic nitrogens is 2. The van der Waals surface area contributed by atoms with E-state index in [1.54, 1.807) is 6.07 Å². The van der Waals surface area contributed by atoms with Gasteiger partial charge in [-0.3, -0.25) is 0 Å². The van der Waals surface area contributed by atoms with Crippen LogP contribution in [0.3, 0.4) is 0 Å². The van der Waals surface area contributed by atoms with Crippen LogP contribution in [0.2, 0.25) is 0 Å². The Morgan fingerprint density at radius 1 is 1.14 bits per heavy atom. The van der Waals surface area contributed by atoms with E-state index in [4.69, 9.17) is 29.7 Å². The number of nitriles is 2. The molecule has 1 aromatic heterocycles. The Labute approximate surface area is 183 Å². The van der Waals surface area contributed by atoms with Gasteiger partial charge < -0.3 is 10.6 Å². The maximum atomic E-state index is 9.08. The second kappa shape index (κ2) is 8.48. The van der Waals surface area contributed by atoms with Gasteiger partial charge >= 0.3 is 0 Å². The lowest BCUT2D eigenvalue weighted by Gasteiger charge is -2.14. The average Bonchev–Trinajstić information content (AvgIpc) is 2.84. The maximum Gasteiger partial charge on any atom is 0.229 e. The zero-order valence-electron chi connectivity index (χ0n) is 27.9. The lowest BCUT2D eigenvalue weighted by Crippen LogP contribution is -2.02. The molecule has 0 bridgehead atoms. The SMILES string of the molecule is [2H]/C(C#N)=C(/[2H])c1c([2H])c(C([2H])([2H])[2H])c(Nc2nc(Nc3cc([2H])c(C#N)c([2H])c3)nc([2H])c2[2H])c(C([2H])([2H])[2H])c1[2H]. The van der Waals surface area contributed by atoms with Gasteiger partial charge in [-0.15, -0.1) is 0 Å². The summed E-state index contributed by atoms with van der Waals surface area (Å²) in [6.07, 6.45) is -0.732. The summed E-state index contributed by atoms with van der Waals surface area (Å²) in [7, 11) is 0. The first-order chi connectivity index (χ1) is 19.3. The molecular weight excluding hydrogens is 348 g/mol. The van der Waals surface area contributed by atoms with E-state index in [-0.39, 0.29) is 23.3 Å². The fourth-order valence-corrected chi connectivity index (χ4v) is 1.98. The van der Waals surface area contributed by atoms with Crippen LogP contribution in [0.25, 0.3) is 6.05 Å². The Morgan fingerprint density at radius 2 is 1.89 bits per heavy atom. The van der Waals surface area contributed by atoms with E-state index in [1.165, 1.54) is 6.07 Å². The van der Waals surface area contributed by atoms with Gasteiger partial charge in [0.05, 0.1) is 28.7 Å². The Kier molecular flexibility index (Phi) is 2.37. The van der Waals surface area contributed by atoms with Crippen LogP contribution < -0.4 is 10.6 Å². The topological polar surface area (TPSA) is 97.4 Å². The third-order valence-electron chi connectivity index (χ3n) is 3.15. The molecule has 0 fully saturated rings. The second-order valence-corrected chi connectivity index (χ2v) is 5.01. The molecule has 0 saturated carbocycles. The lowest BCUT2D eigenvalue weighted by atomic mass is 10.0. The fourth-order valence-electron chi connectivity index (χ4n) is 1.98. The Bertz CT molecular complexity index is 1650. The third kappa shape index (κ3) is 4.51. The van der Waals surface area contributed by atoms with Gasteiger partial charge in [-0.05, 0) is 78.8 Å². The molecule has 6 nitrogen and oxygen atoms in total. The monoisotopic (exact) mass is 380 g/mol. The molecule has 2 N–H and O–H groups in total. The highest BCUT2D eigenvalue weighted by atomic mass is 15.1. The van der Waals surface area contributed by atoms with Crippen molar-refractivity contribution in [1.82, 2.24) is 9.97 Å². The minimum absolute atomic E-state index is 0.0446. The number of nitrogens with zero attached hydrogens (tertiary/aromatic N) is 4. The second-order valence-electron chi connectivity index (χ2n) is 5.01. The van der Waals surface area contributed by atoms with Crippen molar-refractivity contribution in [1.29, 1.82) is 10.5 Å². The number of hydrogen-bond acceptors (Lipinski definition) is 6. The van der Waals surface area contributed by atoms with E-state index < -0.39 is 84.3 Å². The molecule has 3 aromatic rings. The number of nitrogens with one attached hydrogen (secondary N) is 2. The van der Waals surface area contributed by atoms with Gasteiger partial charge in [0.15, 0.2) is 0 Å². The molecule has 0 aliphatic heterocycles. The zero-order valence-corrected chi connectivity index (χ0v) is 13.9. The molecule has 3 rings (SSSR count). The summed E-state index contributed by atoms with van der Waals surface area (Å²) in [5, 5.41) is 23.1. The van der Waals surface area contributed by atoms with Crippen LogP contribution in [-0.2, 0) is 0 Å². The van der Waals surface area contributed by atoms with Gasteiger partial charge in [0.1, 0.15) is 5.82 Å². The van der Waals surface area contributed by atoms with Gasteiger partial charge in [-0.25, -0.2) is 4.98 Å². The van der Waals surface area contributed by atoms with Crippen LogP contribution in [0.4, 0.5) is 23.1 Å². The van der Waals surface area contributed by atoms with E-state index in [1.807, 2.05) is 0 Å². The standard InChI is InChI=1S/C22H18N6/c1-15-12-18(4-3-10-23)13-16(2)21(15)27-20-9-11-25-22(28-20)26-19-7-5-17(14-24)6-8-19/h3-9,11-13H,1-2H3,(H2,25,26,27,28)/b4-3+/i1D3,2D3,3D,4D,5D,6D,9D,11D,12D,13D. The molecule has 28 heavy (non-hydrogen) atoms. The minimum atomic E-state index is -3.26. The lowest BCUT2D eigenvalue weighted by molar-refractivity contribution is 1.16. The van der Waals surface area contributed by atoms with Gasteiger partial charge in [-0.2, -0.15) is 15.5 Å². The molecule has 0 radical (unpaired) electrons. The van der Waals surface area contributed by atoms with Crippen molar-refractivity contribution in [2.24, 2.45) is 0 Å². The van der Waals surface area contributed by atoms with E-state index in [0.29, 0.717) is 0 Å². The van der Waals surface area contributed by atoms with Crippen molar-refractivity contribution >= 4 is 29.2 Å². The highest BCUT2D eigenvalue weighted by Gasteiger charge is 2.07. The zero-order chi connectivity index (χ0) is 31.9. The van der Waals surface area contributed by atoms with Crippen LogP contribution >= 0.6 is 0 Å². The average molecular weight is 381 g/mol. The Morgan fingerprint density at radius 3 is 2.54 bits per heavy atom. The third-order valence-corrected chi connectivity index (χ3v) is 3.15. The summed E-state index contributed by atoms with van der Waals surface area (Å²) < 4.78 is 113. The van der Waals surface area contributed by atoms with Crippen molar-refractivity contribution in [3.8, 4) is 12.1 Å². The maximum absolute atomic E-state index is 9.08. The van der Waals surface area contributed by atoms with Crippen LogP contribution in [0.5, 0.6) is 0 Å². The van der Waals surface area contributed by atoms with E-state index in [0.717, 1.165) is 12.1 Å². The van der Waals surface area contributed by atoms with Gasteiger partial charge in [0.2, 0.25) is 5.95 Å². The summed E-state index contributed by atoms with van der Waals surface area (Å²) in [5.74, 6) is -1.03. The summed E-state index contributed by atoms with van der Waals surface area (Å²) in [5.41, 5.74) is -3.89. The van der Waals surface area contributed by atoms with Gasteiger partial charge in [-0.1, -0.05) is 0 Å².